The van der Waals surface area contributed by atoms with Crippen molar-refractivity contribution in [2.24, 2.45) is 18.4 Å². The minimum atomic E-state index is -0.448. The first-order chi connectivity index (χ1) is 9.35. The average Bonchev–Trinajstić information content (AvgIpc) is 2.83. The SMILES string of the molecule is CCC(C)(C)C1CCC(O)(CCc2cnn(C)c2)CC1. The van der Waals surface area contributed by atoms with Gasteiger partial charge in [-0.05, 0) is 55.4 Å². The molecular formula is C17H30N2O. The Morgan fingerprint density at radius 2 is 2.05 bits per heavy atom. The van der Waals surface area contributed by atoms with Crippen LogP contribution in [0.4, 0.5) is 0 Å². The molecule has 0 aromatic carbocycles. The van der Waals surface area contributed by atoms with Gasteiger partial charge in [0.2, 0.25) is 0 Å². The highest BCUT2D eigenvalue weighted by molar-refractivity contribution is 5.05. The monoisotopic (exact) mass is 278 g/mol. The second kappa shape index (κ2) is 5.88. The fourth-order valence-electron chi connectivity index (χ4n) is 3.45. The molecule has 0 spiro atoms. The minimum Gasteiger partial charge on any atom is -0.390 e. The Morgan fingerprint density at radius 1 is 1.40 bits per heavy atom. The van der Waals surface area contributed by atoms with Crippen LogP contribution in [0, 0.1) is 11.3 Å². The van der Waals surface area contributed by atoms with Gasteiger partial charge in [-0.25, -0.2) is 0 Å². The molecule has 1 saturated carbocycles. The van der Waals surface area contributed by atoms with Gasteiger partial charge >= 0.3 is 0 Å². The van der Waals surface area contributed by atoms with Crippen LogP contribution in [0.3, 0.4) is 0 Å². The average molecular weight is 278 g/mol. The molecule has 1 aromatic rings. The van der Waals surface area contributed by atoms with Crippen molar-refractivity contribution in [3.63, 3.8) is 0 Å². The zero-order valence-corrected chi connectivity index (χ0v) is 13.5. The van der Waals surface area contributed by atoms with Crippen molar-refractivity contribution in [2.45, 2.75) is 71.3 Å². The molecule has 1 fully saturated rings. The third-order valence-electron chi connectivity index (χ3n) is 5.57. The molecule has 3 heteroatoms. The number of aryl methyl sites for hydroxylation is 2. The number of aromatic nitrogens is 2. The van der Waals surface area contributed by atoms with Gasteiger partial charge in [-0.3, -0.25) is 4.68 Å². The van der Waals surface area contributed by atoms with E-state index in [1.54, 1.807) is 0 Å². The van der Waals surface area contributed by atoms with Crippen molar-refractivity contribution in [1.29, 1.82) is 0 Å². The van der Waals surface area contributed by atoms with Crippen molar-refractivity contribution in [2.75, 3.05) is 0 Å². The molecule has 1 aliphatic carbocycles. The number of nitrogens with zero attached hydrogens (tertiary/aromatic N) is 2. The van der Waals surface area contributed by atoms with E-state index in [1.165, 1.54) is 24.8 Å². The lowest BCUT2D eigenvalue weighted by Gasteiger charge is -2.42. The molecule has 0 bridgehead atoms. The van der Waals surface area contributed by atoms with E-state index in [1.807, 2.05) is 17.9 Å². The van der Waals surface area contributed by atoms with Gasteiger partial charge in [-0.15, -0.1) is 0 Å². The van der Waals surface area contributed by atoms with Crippen LogP contribution in [0.2, 0.25) is 0 Å². The Kier molecular flexibility index (Phi) is 4.58. The first-order valence-corrected chi connectivity index (χ1v) is 8.04. The van der Waals surface area contributed by atoms with Crippen molar-refractivity contribution in [3.05, 3.63) is 18.0 Å². The number of aliphatic hydroxyl groups is 1. The summed E-state index contributed by atoms with van der Waals surface area (Å²) < 4.78 is 1.83. The lowest BCUT2D eigenvalue weighted by atomic mass is 9.65. The van der Waals surface area contributed by atoms with Gasteiger partial charge in [0.05, 0.1) is 11.8 Å². The Bertz CT molecular complexity index is 428. The number of hydrogen-bond acceptors (Lipinski definition) is 2. The first kappa shape index (κ1) is 15.6. The van der Waals surface area contributed by atoms with E-state index in [0.717, 1.165) is 31.6 Å². The predicted molar refractivity (Wildman–Crippen MR) is 82.5 cm³/mol. The van der Waals surface area contributed by atoms with Crippen molar-refractivity contribution < 1.29 is 5.11 Å². The van der Waals surface area contributed by atoms with E-state index in [2.05, 4.69) is 32.1 Å². The summed E-state index contributed by atoms with van der Waals surface area (Å²) in [6.45, 7) is 7.03. The second-order valence-electron chi connectivity index (χ2n) is 7.36. The molecule has 0 radical (unpaired) electrons. The molecular weight excluding hydrogens is 248 g/mol. The Labute approximate surface area is 123 Å². The topological polar surface area (TPSA) is 38.1 Å². The summed E-state index contributed by atoms with van der Waals surface area (Å²) >= 11 is 0. The molecule has 0 amide bonds. The van der Waals surface area contributed by atoms with Crippen molar-refractivity contribution >= 4 is 0 Å². The maximum absolute atomic E-state index is 10.8. The fraction of sp³-hybridized carbons (Fsp3) is 0.824. The smallest absolute Gasteiger partial charge is 0.0651 e. The minimum absolute atomic E-state index is 0.421. The van der Waals surface area contributed by atoms with Crippen LogP contribution in [0.15, 0.2) is 12.4 Å². The zero-order chi connectivity index (χ0) is 14.8. The van der Waals surface area contributed by atoms with E-state index >= 15 is 0 Å². The molecule has 0 atom stereocenters. The maximum Gasteiger partial charge on any atom is 0.0651 e. The normalized spacial score (nSPS) is 27.8. The van der Waals surface area contributed by atoms with E-state index in [4.69, 9.17) is 0 Å². The summed E-state index contributed by atoms with van der Waals surface area (Å²) in [5.74, 6) is 0.770. The largest absolute Gasteiger partial charge is 0.390 e. The van der Waals surface area contributed by atoms with Gasteiger partial charge in [-0.2, -0.15) is 5.10 Å². The summed E-state index contributed by atoms with van der Waals surface area (Å²) in [6.07, 6.45) is 11.3. The molecule has 1 aromatic heterocycles. The standard InChI is InChI=1S/C17H30N2O/c1-5-16(2,3)15-7-10-17(20,11-8-15)9-6-14-12-18-19(4)13-14/h12-13,15,20H,5-11H2,1-4H3. The third-order valence-corrected chi connectivity index (χ3v) is 5.57. The lowest BCUT2D eigenvalue weighted by Crippen LogP contribution is -2.38. The molecule has 20 heavy (non-hydrogen) atoms. The quantitative estimate of drug-likeness (QED) is 0.891. The summed E-state index contributed by atoms with van der Waals surface area (Å²) in [6, 6.07) is 0. The highest BCUT2D eigenvalue weighted by Gasteiger charge is 2.38. The molecule has 114 valence electrons. The lowest BCUT2D eigenvalue weighted by molar-refractivity contribution is -0.0338. The second-order valence-corrected chi connectivity index (χ2v) is 7.36. The van der Waals surface area contributed by atoms with Crippen LogP contribution < -0.4 is 0 Å². The highest BCUT2D eigenvalue weighted by Crippen LogP contribution is 2.44. The highest BCUT2D eigenvalue weighted by atomic mass is 16.3. The van der Waals surface area contributed by atoms with Gasteiger partial charge in [-0.1, -0.05) is 27.2 Å². The molecule has 0 unspecified atom stereocenters. The van der Waals surface area contributed by atoms with E-state index in [-0.39, 0.29) is 0 Å². The zero-order valence-electron chi connectivity index (χ0n) is 13.5. The van der Waals surface area contributed by atoms with Gasteiger partial charge in [0.25, 0.3) is 0 Å². The van der Waals surface area contributed by atoms with E-state index in [9.17, 15) is 5.11 Å². The Morgan fingerprint density at radius 3 is 2.55 bits per heavy atom. The number of rotatable bonds is 5. The predicted octanol–water partition coefficient (Wildman–Crippen LogP) is 3.71. The number of hydrogen-bond donors (Lipinski definition) is 1. The van der Waals surface area contributed by atoms with Crippen LogP contribution in [0.1, 0.15) is 64.9 Å². The molecule has 1 N–H and O–H groups in total. The first-order valence-electron chi connectivity index (χ1n) is 8.04. The molecule has 0 aliphatic heterocycles. The van der Waals surface area contributed by atoms with Gasteiger partial charge < -0.3 is 5.11 Å². The molecule has 1 heterocycles. The van der Waals surface area contributed by atoms with Gasteiger partial charge in [0.1, 0.15) is 0 Å². The van der Waals surface area contributed by atoms with Gasteiger partial charge in [0.15, 0.2) is 0 Å². The summed E-state index contributed by atoms with van der Waals surface area (Å²) in [5.41, 5.74) is 1.21. The summed E-state index contributed by atoms with van der Waals surface area (Å²) in [7, 11) is 1.94. The van der Waals surface area contributed by atoms with Crippen LogP contribution in [-0.4, -0.2) is 20.5 Å². The summed E-state index contributed by atoms with van der Waals surface area (Å²) in [4.78, 5) is 0. The van der Waals surface area contributed by atoms with Crippen molar-refractivity contribution in [3.8, 4) is 0 Å². The van der Waals surface area contributed by atoms with Crippen LogP contribution in [0.5, 0.6) is 0 Å². The van der Waals surface area contributed by atoms with Crippen LogP contribution in [-0.2, 0) is 13.5 Å². The van der Waals surface area contributed by atoms with Gasteiger partial charge in [0, 0.05) is 13.2 Å². The Balaban J connectivity index is 1.85. The maximum atomic E-state index is 10.8. The van der Waals surface area contributed by atoms with E-state index < -0.39 is 5.60 Å². The molecule has 2 rings (SSSR count). The summed E-state index contributed by atoms with van der Waals surface area (Å²) in [5, 5.41) is 15.0. The fourth-order valence-corrected chi connectivity index (χ4v) is 3.45. The molecule has 3 nitrogen and oxygen atoms in total. The molecule has 0 saturated heterocycles. The Hall–Kier alpha value is -0.830. The van der Waals surface area contributed by atoms with Crippen LogP contribution in [0.25, 0.3) is 0 Å². The van der Waals surface area contributed by atoms with Crippen LogP contribution >= 0.6 is 0 Å². The van der Waals surface area contributed by atoms with E-state index in [0.29, 0.717) is 5.41 Å². The third kappa shape index (κ3) is 3.63. The van der Waals surface area contributed by atoms with Crippen molar-refractivity contribution in [1.82, 2.24) is 9.78 Å². The molecule has 1 aliphatic rings.